The first-order valence-corrected chi connectivity index (χ1v) is 7.58. The monoisotopic (exact) mass is 350 g/mol. The van der Waals surface area contributed by atoms with Gasteiger partial charge in [-0.15, -0.1) is 24.8 Å². The summed E-state index contributed by atoms with van der Waals surface area (Å²) in [6, 6.07) is 5.83. The molecule has 0 bridgehead atoms. The van der Waals surface area contributed by atoms with Gasteiger partial charge in [0.2, 0.25) is 0 Å². The average molecular weight is 351 g/mol. The summed E-state index contributed by atoms with van der Waals surface area (Å²) in [4.78, 5) is 2.52. The van der Waals surface area contributed by atoms with E-state index in [1.54, 1.807) is 12.1 Å². The number of piperazine rings is 1. The molecular weight excluding hydrogens is 326 g/mol. The molecule has 2 fully saturated rings. The minimum atomic E-state index is -0.246. The van der Waals surface area contributed by atoms with Crippen LogP contribution in [0.15, 0.2) is 18.2 Å². The maximum atomic E-state index is 14.0. The predicted octanol–water partition coefficient (Wildman–Crippen LogP) is 3.42. The first-order chi connectivity index (χ1) is 9.79. The Bertz CT molecular complexity index is 465. The van der Waals surface area contributed by atoms with Crippen LogP contribution in [0.1, 0.15) is 30.9 Å². The number of hydrogen-bond acceptors (Lipinski definition) is 3. The Morgan fingerprint density at radius 1 is 1.23 bits per heavy atom. The van der Waals surface area contributed by atoms with Crippen molar-refractivity contribution in [2.75, 3.05) is 33.3 Å². The molecule has 1 atom stereocenters. The van der Waals surface area contributed by atoms with Crippen LogP contribution in [0.5, 0.6) is 5.75 Å². The van der Waals surface area contributed by atoms with Gasteiger partial charge in [-0.1, -0.05) is 12.5 Å². The summed E-state index contributed by atoms with van der Waals surface area (Å²) >= 11 is 0. The number of benzene rings is 1. The number of rotatable bonds is 4. The Morgan fingerprint density at radius 3 is 2.41 bits per heavy atom. The first kappa shape index (κ1) is 19.5. The number of ether oxygens (including phenoxy) is 1. The van der Waals surface area contributed by atoms with Gasteiger partial charge in [-0.05, 0) is 36.5 Å². The third-order valence-corrected chi connectivity index (χ3v) is 4.66. The second-order valence-corrected chi connectivity index (χ2v) is 5.82. The molecule has 1 heterocycles. The molecule has 1 aliphatic heterocycles. The second kappa shape index (κ2) is 8.92. The predicted molar refractivity (Wildman–Crippen MR) is 92.0 cm³/mol. The number of halogens is 3. The Hall–Kier alpha value is -0.550. The standard InChI is InChI=1S/C16H23FN2O.2ClH/c1-20-15-6-5-13(11-14(15)17)16(12-3-2-4-12)19-9-7-18-8-10-19;;/h5-6,11-12,16,18H,2-4,7-10H2,1H3;2*1H/t16-;;/m1../s1. The zero-order valence-electron chi connectivity index (χ0n) is 12.9. The summed E-state index contributed by atoms with van der Waals surface area (Å²) in [6.45, 7) is 4.16. The van der Waals surface area contributed by atoms with Gasteiger partial charge < -0.3 is 10.1 Å². The average Bonchev–Trinajstić information content (AvgIpc) is 2.43. The highest BCUT2D eigenvalue weighted by atomic mass is 35.5. The lowest BCUT2D eigenvalue weighted by Gasteiger charge is -2.43. The largest absolute Gasteiger partial charge is 0.494 e. The number of nitrogens with zero attached hydrogens (tertiary/aromatic N) is 1. The van der Waals surface area contributed by atoms with Crippen molar-refractivity contribution in [3.63, 3.8) is 0 Å². The fourth-order valence-electron chi connectivity index (χ4n) is 3.36. The van der Waals surface area contributed by atoms with Crippen molar-refractivity contribution in [3.05, 3.63) is 29.6 Å². The Labute approximate surface area is 144 Å². The molecule has 1 saturated carbocycles. The molecule has 0 aromatic heterocycles. The molecule has 1 aromatic rings. The lowest BCUT2D eigenvalue weighted by Crippen LogP contribution is -2.47. The van der Waals surface area contributed by atoms with Crippen molar-refractivity contribution in [1.29, 1.82) is 0 Å². The number of nitrogens with one attached hydrogen (secondary N) is 1. The van der Waals surface area contributed by atoms with Gasteiger partial charge in [-0.3, -0.25) is 4.90 Å². The summed E-state index contributed by atoms with van der Waals surface area (Å²) in [5.74, 6) is 0.770. The molecule has 3 rings (SSSR count). The van der Waals surface area contributed by atoms with Gasteiger partial charge in [0.25, 0.3) is 0 Å². The van der Waals surface area contributed by atoms with Gasteiger partial charge in [0, 0.05) is 32.2 Å². The van der Waals surface area contributed by atoms with Gasteiger partial charge >= 0.3 is 0 Å². The molecule has 0 spiro atoms. The highest BCUT2D eigenvalue weighted by Gasteiger charge is 2.33. The molecule has 1 N–H and O–H groups in total. The van der Waals surface area contributed by atoms with Crippen LogP contribution in [0.3, 0.4) is 0 Å². The Balaban J connectivity index is 0.00000121. The van der Waals surface area contributed by atoms with Crippen molar-refractivity contribution in [1.82, 2.24) is 10.2 Å². The van der Waals surface area contributed by atoms with Crippen LogP contribution in [-0.4, -0.2) is 38.2 Å². The molecule has 2 aliphatic rings. The van der Waals surface area contributed by atoms with Crippen molar-refractivity contribution < 1.29 is 9.13 Å². The summed E-state index contributed by atoms with van der Waals surface area (Å²) in [6.07, 6.45) is 3.84. The molecule has 1 saturated heterocycles. The van der Waals surface area contributed by atoms with Crippen LogP contribution >= 0.6 is 24.8 Å². The van der Waals surface area contributed by atoms with Crippen LogP contribution < -0.4 is 10.1 Å². The SMILES string of the molecule is COc1ccc([C@@H](C2CCC2)N2CCNCC2)cc1F.Cl.Cl. The second-order valence-electron chi connectivity index (χ2n) is 5.82. The quantitative estimate of drug-likeness (QED) is 0.900. The molecule has 1 aliphatic carbocycles. The Morgan fingerprint density at radius 2 is 1.91 bits per heavy atom. The van der Waals surface area contributed by atoms with Crippen molar-refractivity contribution in [2.24, 2.45) is 5.92 Å². The Kier molecular flexibility index (Phi) is 7.90. The lowest BCUT2D eigenvalue weighted by molar-refractivity contribution is 0.0834. The maximum absolute atomic E-state index is 14.0. The molecule has 126 valence electrons. The summed E-state index contributed by atoms with van der Waals surface area (Å²) in [5.41, 5.74) is 1.11. The molecule has 22 heavy (non-hydrogen) atoms. The number of methoxy groups -OCH3 is 1. The van der Waals surface area contributed by atoms with Crippen LogP contribution in [0.4, 0.5) is 4.39 Å². The molecule has 3 nitrogen and oxygen atoms in total. The fourth-order valence-corrected chi connectivity index (χ4v) is 3.36. The molecule has 0 unspecified atom stereocenters. The smallest absolute Gasteiger partial charge is 0.165 e. The number of hydrogen-bond donors (Lipinski definition) is 1. The van der Waals surface area contributed by atoms with Crippen molar-refractivity contribution in [2.45, 2.75) is 25.3 Å². The maximum Gasteiger partial charge on any atom is 0.165 e. The normalized spacial score (nSPS) is 20.3. The third kappa shape index (κ3) is 4.05. The molecular formula is C16H25Cl2FN2O. The minimum absolute atomic E-state index is 0. The van der Waals surface area contributed by atoms with Gasteiger partial charge in [0.1, 0.15) is 0 Å². The summed E-state index contributed by atoms with van der Waals surface area (Å²) < 4.78 is 19.0. The molecule has 0 radical (unpaired) electrons. The molecule has 1 aromatic carbocycles. The van der Waals surface area contributed by atoms with E-state index in [0.717, 1.165) is 31.7 Å². The van der Waals surface area contributed by atoms with E-state index in [1.807, 2.05) is 6.07 Å². The van der Waals surface area contributed by atoms with E-state index < -0.39 is 0 Å². The van der Waals surface area contributed by atoms with E-state index in [0.29, 0.717) is 17.7 Å². The van der Waals surface area contributed by atoms with Crippen LogP contribution in [0, 0.1) is 11.7 Å². The van der Waals surface area contributed by atoms with Crippen LogP contribution in [-0.2, 0) is 0 Å². The summed E-state index contributed by atoms with van der Waals surface area (Å²) in [7, 11) is 1.51. The zero-order chi connectivity index (χ0) is 13.9. The first-order valence-electron chi connectivity index (χ1n) is 7.58. The van der Waals surface area contributed by atoms with Crippen molar-refractivity contribution >= 4 is 24.8 Å². The van der Waals surface area contributed by atoms with Gasteiger partial charge in [0.05, 0.1) is 7.11 Å². The topological polar surface area (TPSA) is 24.5 Å². The van der Waals surface area contributed by atoms with E-state index in [1.165, 1.54) is 26.4 Å². The highest BCUT2D eigenvalue weighted by molar-refractivity contribution is 5.85. The zero-order valence-corrected chi connectivity index (χ0v) is 14.5. The highest BCUT2D eigenvalue weighted by Crippen LogP contribution is 2.42. The fraction of sp³-hybridized carbons (Fsp3) is 0.625. The third-order valence-electron chi connectivity index (χ3n) is 4.66. The van der Waals surface area contributed by atoms with E-state index in [4.69, 9.17) is 4.74 Å². The van der Waals surface area contributed by atoms with E-state index in [-0.39, 0.29) is 30.6 Å². The van der Waals surface area contributed by atoms with E-state index >= 15 is 0 Å². The van der Waals surface area contributed by atoms with Crippen LogP contribution in [0.2, 0.25) is 0 Å². The van der Waals surface area contributed by atoms with E-state index in [9.17, 15) is 4.39 Å². The summed E-state index contributed by atoms with van der Waals surface area (Å²) in [5, 5.41) is 3.39. The molecule has 6 heteroatoms. The van der Waals surface area contributed by atoms with Gasteiger partial charge in [-0.25, -0.2) is 4.39 Å². The van der Waals surface area contributed by atoms with Gasteiger partial charge in [0.15, 0.2) is 11.6 Å². The van der Waals surface area contributed by atoms with E-state index in [2.05, 4.69) is 10.2 Å². The van der Waals surface area contributed by atoms with Crippen molar-refractivity contribution in [3.8, 4) is 5.75 Å². The van der Waals surface area contributed by atoms with Crippen LogP contribution in [0.25, 0.3) is 0 Å². The lowest BCUT2D eigenvalue weighted by atomic mass is 9.76. The van der Waals surface area contributed by atoms with Gasteiger partial charge in [-0.2, -0.15) is 0 Å². The molecule has 0 amide bonds. The minimum Gasteiger partial charge on any atom is -0.494 e.